The predicted molar refractivity (Wildman–Crippen MR) is 75.5 cm³/mol. The molecule has 1 aliphatic rings. The third-order valence-corrected chi connectivity index (χ3v) is 3.95. The molecule has 4 nitrogen and oxygen atoms in total. The molecule has 0 saturated carbocycles. The van der Waals surface area contributed by atoms with E-state index in [-0.39, 0.29) is 11.7 Å². The Balaban J connectivity index is 2.14. The van der Waals surface area contributed by atoms with Crippen LogP contribution < -0.4 is 10.5 Å². The summed E-state index contributed by atoms with van der Waals surface area (Å²) in [4.78, 5) is 13.3. The van der Waals surface area contributed by atoms with Gasteiger partial charge in [-0.25, -0.2) is 5.10 Å². The van der Waals surface area contributed by atoms with Crippen LogP contribution in [0.4, 0.5) is 18.9 Å². The Morgan fingerprint density at radius 1 is 1.36 bits per heavy atom. The first-order chi connectivity index (χ1) is 10.4. The lowest BCUT2D eigenvalue weighted by molar-refractivity contribution is -0.138. The van der Waals surface area contributed by atoms with Gasteiger partial charge in [0.15, 0.2) is 0 Å². The van der Waals surface area contributed by atoms with Gasteiger partial charge >= 0.3 is 6.18 Å². The zero-order chi connectivity index (χ0) is 15.9. The zero-order valence-corrected chi connectivity index (χ0v) is 11.8. The van der Waals surface area contributed by atoms with E-state index >= 15 is 0 Å². The van der Waals surface area contributed by atoms with Gasteiger partial charge in [0.2, 0.25) is 0 Å². The normalized spacial score (nSPS) is 17.6. The van der Waals surface area contributed by atoms with Crippen LogP contribution in [0.15, 0.2) is 35.3 Å². The highest BCUT2D eigenvalue weighted by atomic mass is 19.4. The number of anilines is 1. The van der Waals surface area contributed by atoms with Crippen LogP contribution in [0.2, 0.25) is 0 Å². The minimum Gasteiger partial charge on any atom is -0.358 e. The van der Waals surface area contributed by atoms with Crippen LogP contribution in [0.25, 0.3) is 0 Å². The number of nitrogens with one attached hydrogen (secondary N) is 1. The van der Waals surface area contributed by atoms with Crippen molar-refractivity contribution in [1.82, 2.24) is 10.2 Å². The van der Waals surface area contributed by atoms with Crippen molar-refractivity contribution >= 4 is 5.69 Å². The number of hydrogen-bond acceptors (Lipinski definition) is 3. The van der Waals surface area contributed by atoms with Crippen molar-refractivity contribution in [2.75, 3.05) is 4.90 Å². The summed E-state index contributed by atoms with van der Waals surface area (Å²) in [6.07, 6.45) is -3.00. The molecule has 0 fully saturated rings. The summed E-state index contributed by atoms with van der Waals surface area (Å²) in [5.41, 5.74) is -0.593. The van der Waals surface area contributed by atoms with E-state index in [4.69, 9.17) is 0 Å². The number of H-pyrrole nitrogens is 1. The molecule has 1 atom stereocenters. The van der Waals surface area contributed by atoms with Crippen molar-refractivity contribution in [3.8, 4) is 0 Å². The van der Waals surface area contributed by atoms with Gasteiger partial charge in [-0.05, 0) is 17.5 Å². The van der Waals surface area contributed by atoms with Crippen molar-refractivity contribution in [1.29, 1.82) is 0 Å². The van der Waals surface area contributed by atoms with Gasteiger partial charge in [0, 0.05) is 6.54 Å². The van der Waals surface area contributed by atoms with Gasteiger partial charge in [0.25, 0.3) is 5.56 Å². The van der Waals surface area contributed by atoms with Gasteiger partial charge in [0.05, 0.1) is 17.9 Å². The van der Waals surface area contributed by atoms with Gasteiger partial charge < -0.3 is 4.90 Å². The van der Waals surface area contributed by atoms with Crippen molar-refractivity contribution in [3.05, 3.63) is 57.5 Å². The van der Waals surface area contributed by atoms with Gasteiger partial charge in [0.1, 0.15) is 5.56 Å². The Morgan fingerprint density at radius 2 is 2.09 bits per heavy atom. The fourth-order valence-corrected chi connectivity index (χ4v) is 3.04. The molecule has 1 aliphatic heterocycles. The van der Waals surface area contributed by atoms with Crippen molar-refractivity contribution in [2.45, 2.75) is 32.1 Å². The molecule has 2 aromatic rings. The molecule has 0 bridgehead atoms. The first-order valence-electron chi connectivity index (χ1n) is 6.92. The third kappa shape index (κ3) is 2.26. The number of nitrogens with zero attached hydrogens (tertiary/aromatic N) is 2. The quantitative estimate of drug-likeness (QED) is 0.926. The number of fused-ring (bicyclic) bond motifs is 1. The van der Waals surface area contributed by atoms with E-state index in [0.717, 1.165) is 17.3 Å². The lowest BCUT2D eigenvalue weighted by Crippen LogP contribution is -2.30. The van der Waals surface area contributed by atoms with Crippen molar-refractivity contribution in [2.24, 2.45) is 0 Å². The SMILES string of the molecule is CCC1c2ccccc2CN1c1cn[nH]c(=O)c1C(F)(F)F. The lowest BCUT2D eigenvalue weighted by atomic mass is 10.0. The fourth-order valence-electron chi connectivity index (χ4n) is 3.04. The standard InChI is InChI=1S/C15H14F3N3O/c1-2-11-10-6-4-3-5-9(10)8-21(11)12-7-19-20-14(22)13(12)15(16,17)18/h3-7,11H,2,8H2,1H3,(H,20,22). The molecule has 1 aromatic heterocycles. The first kappa shape index (κ1) is 14.6. The molecule has 1 unspecified atom stereocenters. The molecular formula is C15H14F3N3O. The molecule has 1 N–H and O–H groups in total. The summed E-state index contributed by atoms with van der Waals surface area (Å²) < 4.78 is 39.7. The van der Waals surface area contributed by atoms with Crippen molar-refractivity contribution < 1.29 is 13.2 Å². The van der Waals surface area contributed by atoms with E-state index in [2.05, 4.69) is 5.10 Å². The Morgan fingerprint density at radius 3 is 2.77 bits per heavy atom. The summed E-state index contributed by atoms with van der Waals surface area (Å²) in [5.74, 6) is 0. The van der Waals surface area contributed by atoms with Gasteiger partial charge in [-0.1, -0.05) is 31.2 Å². The van der Waals surface area contributed by atoms with E-state index in [1.807, 2.05) is 36.3 Å². The molecule has 1 aromatic carbocycles. The summed E-state index contributed by atoms with van der Waals surface area (Å²) in [7, 11) is 0. The highest BCUT2D eigenvalue weighted by molar-refractivity contribution is 5.58. The number of rotatable bonds is 2. The fraction of sp³-hybridized carbons (Fsp3) is 0.333. The minimum absolute atomic E-state index is 0.167. The number of hydrogen-bond donors (Lipinski definition) is 1. The molecule has 3 rings (SSSR count). The maximum atomic E-state index is 13.2. The maximum absolute atomic E-state index is 13.2. The third-order valence-electron chi connectivity index (χ3n) is 3.95. The number of aromatic amines is 1. The van der Waals surface area contributed by atoms with E-state index in [0.29, 0.717) is 13.0 Å². The second kappa shape index (κ2) is 5.15. The van der Waals surface area contributed by atoms with Crippen LogP contribution in [-0.2, 0) is 12.7 Å². The van der Waals surface area contributed by atoms with E-state index in [9.17, 15) is 18.0 Å². The molecule has 116 valence electrons. The van der Waals surface area contributed by atoms with Crippen LogP contribution in [0.1, 0.15) is 36.1 Å². The maximum Gasteiger partial charge on any atom is 0.423 e. The summed E-state index contributed by atoms with van der Waals surface area (Å²) in [5, 5.41) is 5.43. The topological polar surface area (TPSA) is 49.0 Å². The second-order valence-corrected chi connectivity index (χ2v) is 5.21. The molecule has 0 spiro atoms. The number of aromatic nitrogens is 2. The van der Waals surface area contributed by atoms with Crippen molar-refractivity contribution in [3.63, 3.8) is 0 Å². The molecule has 0 saturated heterocycles. The molecule has 0 aliphatic carbocycles. The van der Waals surface area contributed by atoms with Crippen LogP contribution in [0, 0.1) is 0 Å². The first-order valence-corrected chi connectivity index (χ1v) is 6.92. The molecule has 2 heterocycles. The average Bonchev–Trinajstić information content (AvgIpc) is 2.84. The molecule has 22 heavy (non-hydrogen) atoms. The van der Waals surface area contributed by atoms with E-state index in [1.54, 1.807) is 4.90 Å². The average molecular weight is 309 g/mol. The van der Waals surface area contributed by atoms with Gasteiger partial charge in [-0.3, -0.25) is 4.79 Å². The Kier molecular flexibility index (Phi) is 3.42. The largest absolute Gasteiger partial charge is 0.423 e. The summed E-state index contributed by atoms with van der Waals surface area (Å²) >= 11 is 0. The summed E-state index contributed by atoms with van der Waals surface area (Å²) in [6.45, 7) is 2.25. The lowest BCUT2D eigenvalue weighted by Gasteiger charge is -2.28. The van der Waals surface area contributed by atoms with Crippen LogP contribution in [0.3, 0.4) is 0 Å². The molecule has 0 radical (unpaired) electrons. The monoisotopic (exact) mass is 309 g/mol. The number of alkyl halides is 3. The Bertz CT molecular complexity index is 754. The van der Waals surface area contributed by atoms with Crippen LogP contribution >= 0.6 is 0 Å². The molecular weight excluding hydrogens is 295 g/mol. The Labute approximate surface area is 124 Å². The smallest absolute Gasteiger partial charge is 0.358 e. The summed E-state index contributed by atoms with van der Waals surface area (Å²) in [6, 6.07) is 7.34. The molecule has 0 amide bonds. The van der Waals surface area contributed by atoms with E-state index < -0.39 is 17.3 Å². The second-order valence-electron chi connectivity index (χ2n) is 5.21. The number of halogens is 3. The highest BCUT2D eigenvalue weighted by Gasteiger charge is 2.41. The zero-order valence-electron chi connectivity index (χ0n) is 11.8. The number of benzene rings is 1. The predicted octanol–water partition coefficient (Wildman–Crippen LogP) is 3.26. The van der Waals surface area contributed by atoms with Crippen LogP contribution in [-0.4, -0.2) is 10.2 Å². The minimum atomic E-state index is -4.72. The molecule has 7 heteroatoms. The highest BCUT2D eigenvalue weighted by Crippen LogP contribution is 2.42. The Hall–Kier alpha value is -2.31. The van der Waals surface area contributed by atoms with Gasteiger partial charge in [-0.15, -0.1) is 0 Å². The van der Waals surface area contributed by atoms with E-state index in [1.165, 1.54) is 0 Å². The van der Waals surface area contributed by atoms with Gasteiger partial charge in [-0.2, -0.15) is 18.3 Å². The van der Waals surface area contributed by atoms with Crippen LogP contribution in [0.5, 0.6) is 0 Å².